The van der Waals surface area contributed by atoms with Crippen LogP contribution < -0.4 is 4.84 Å². The van der Waals surface area contributed by atoms with Crippen molar-refractivity contribution in [2.45, 2.75) is 6.36 Å². The molecule has 0 atom stereocenters. The number of nitrogens with zero attached hydrogens (tertiary/aromatic N) is 3. The number of alkyl halides is 3. The van der Waals surface area contributed by atoms with Crippen molar-refractivity contribution in [2.24, 2.45) is 0 Å². The molecule has 0 aliphatic carbocycles. The highest BCUT2D eigenvalue weighted by molar-refractivity contribution is 5.73. The van der Waals surface area contributed by atoms with Crippen molar-refractivity contribution in [3.05, 3.63) is 24.3 Å². The van der Waals surface area contributed by atoms with Crippen molar-refractivity contribution < 1.29 is 18.0 Å². The van der Waals surface area contributed by atoms with Crippen LogP contribution in [0.2, 0.25) is 0 Å². The quantitative estimate of drug-likeness (QED) is 0.702. The van der Waals surface area contributed by atoms with E-state index in [1.807, 2.05) is 0 Å². The van der Waals surface area contributed by atoms with E-state index < -0.39 is 6.36 Å². The fourth-order valence-corrected chi connectivity index (χ4v) is 1.01. The first-order chi connectivity index (χ1) is 6.56. The van der Waals surface area contributed by atoms with Gasteiger partial charge < -0.3 is 0 Å². The van der Waals surface area contributed by atoms with Gasteiger partial charge in [0, 0.05) is 0 Å². The summed E-state index contributed by atoms with van der Waals surface area (Å²) in [7, 11) is 0. The van der Waals surface area contributed by atoms with Gasteiger partial charge in [0.1, 0.15) is 11.0 Å². The summed E-state index contributed by atoms with van der Waals surface area (Å²) in [5.41, 5.74) is 0.515. The van der Waals surface area contributed by atoms with Crippen LogP contribution in [0.3, 0.4) is 0 Å². The summed E-state index contributed by atoms with van der Waals surface area (Å²) in [6, 6.07) is 6.19. The van der Waals surface area contributed by atoms with Crippen LogP contribution in [0.15, 0.2) is 24.3 Å². The molecule has 1 heterocycles. The fourth-order valence-electron chi connectivity index (χ4n) is 1.01. The lowest BCUT2D eigenvalue weighted by molar-refractivity contribution is -0.326. The molecule has 1 aromatic carbocycles. The molecule has 1 aromatic heterocycles. The van der Waals surface area contributed by atoms with Crippen molar-refractivity contribution in [1.29, 1.82) is 0 Å². The summed E-state index contributed by atoms with van der Waals surface area (Å²) < 4.78 is 35.5. The monoisotopic (exact) mass is 203 g/mol. The molecule has 0 radical (unpaired) electrons. The first kappa shape index (κ1) is 8.79. The molecular weight excluding hydrogens is 199 g/mol. The van der Waals surface area contributed by atoms with E-state index in [9.17, 15) is 13.2 Å². The van der Waals surface area contributed by atoms with Crippen molar-refractivity contribution in [3.8, 4) is 0 Å². The number of hydrogen-bond donors (Lipinski definition) is 0. The Labute approximate surface area is 75.8 Å². The second kappa shape index (κ2) is 2.86. The average molecular weight is 203 g/mol. The Morgan fingerprint density at radius 2 is 1.93 bits per heavy atom. The molecule has 14 heavy (non-hydrogen) atoms. The molecule has 0 amide bonds. The smallest absolute Gasteiger partial charge is 0.293 e. The van der Waals surface area contributed by atoms with E-state index in [1.165, 1.54) is 6.07 Å². The molecule has 2 rings (SSSR count). The molecule has 0 N–H and O–H groups in total. The Morgan fingerprint density at radius 1 is 1.21 bits per heavy atom. The van der Waals surface area contributed by atoms with Gasteiger partial charge in [0.2, 0.25) is 0 Å². The number of hydrogen-bond acceptors (Lipinski definition) is 3. The maximum atomic E-state index is 11.8. The van der Waals surface area contributed by atoms with Gasteiger partial charge in [-0.3, -0.25) is 4.84 Å². The van der Waals surface area contributed by atoms with Crippen LogP contribution in [-0.4, -0.2) is 21.5 Å². The van der Waals surface area contributed by atoms with Crippen molar-refractivity contribution >= 4 is 11.0 Å². The van der Waals surface area contributed by atoms with Crippen molar-refractivity contribution in [1.82, 2.24) is 15.2 Å². The highest BCUT2D eigenvalue weighted by atomic mass is 19.4. The van der Waals surface area contributed by atoms with Gasteiger partial charge in [-0.2, -0.15) is 0 Å². The second-order valence-electron chi connectivity index (χ2n) is 2.49. The number of rotatable bonds is 1. The summed E-state index contributed by atoms with van der Waals surface area (Å²) >= 11 is 0. The van der Waals surface area contributed by atoms with Gasteiger partial charge in [0.15, 0.2) is 0 Å². The average Bonchev–Trinajstić information content (AvgIpc) is 2.47. The lowest BCUT2D eigenvalue weighted by atomic mass is 10.3. The third-order valence-electron chi connectivity index (χ3n) is 1.51. The summed E-state index contributed by atoms with van der Waals surface area (Å²) in [5, 5.41) is 6.70. The van der Waals surface area contributed by atoms with Crippen molar-refractivity contribution in [2.75, 3.05) is 0 Å². The van der Waals surface area contributed by atoms with Gasteiger partial charge in [-0.1, -0.05) is 17.0 Å². The normalized spacial score (nSPS) is 11.9. The molecule has 0 aliphatic heterocycles. The molecule has 0 saturated heterocycles. The van der Waals surface area contributed by atoms with Gasteiger partial charge in [-0.25, -0.2) is 0 Å². The maximum Gasteiger partial charge on any atom is 0.593 e. The second-order valence-corrected chi connectivity index (χ2v) is 2.49. The maximum absolute atomic E-state index is 11.8. The van der Waals surface area contributed by atoms with Gasteiger partial charge in [0.25, 0.3) is 0 Å². The number of fused-ring (bicyclic) bond motifs is 1. The molecule has 7 heteroatoms. The SMILES string of the molecule is FC(F)(F)On1nnc2ccccc21. The summed E-state index contributed by atoms with van der Waals surface area (Å²) in [6.07, 6.45) is -4.77. The molecule has 0 unspecified atom stereocenters. The molecule has 0 aliphatic rings. The van der Waals surface area contributed by atoms with E-state index in [1.54, 1.807) is 18.2 Å². The summed E-state index contributed by atoms with van der Waals surface area (Å²) in [6.45, 7) is 0. The van der Waals surface area contributed by atoms with Gasteiger partial charge in [-0.05, 0) is 17.3 Å². The van der Waals surface area contributed by atoms with Gasteiger partial charge in [0.05, 0.1) is 0 Å². The molecule has 2 aromatic rings. The Balaban J connectivity index is 2.44. The first-order valence-corrected chi connectivity index (χ1v) is 3.63. The van der Waals surface area contributed by atoms with Crippen LogP contribution in [0.25, 0.3) is 11.0 Å². The Bertz CT molecular complexity index is 451. The molecule has 74 valence electrons. The summed E-state index contributed by atoms with van der Waals surface area (Å²) in [4.78, 5) is 3.94. The van der Waals surface area contributed by atoms with E-state index in [-0.39, 0.29) is 5.52 Å². The van der Waals surface area contributed by atoms with Crippen LogP contribution in [0, 0.1) is 0 Å². The Hall–Kier alpha value is -1.79. The predicted octanol–water partition coefficient (Wildman–Crippen LogP) is 1.38. The molecule has 0 spiro atoms. The Morgan fingerprint density at radius 3 is 2.64 bits per heavy atom. The topological polar surface area (TPSA) is 39.9 Å². The molecular formula is C7H4F3N3O. The third kappa shape index (κ3) is 1.61. The third-order valence-corrected chi connectivity index (χ3v) is 1.51. The van der Waals surface area contributed by atoms with Gasteiger partial charge in [-0.15, -0.1) is 18.3 Å². The zero-order chi connectivity index (χ0) is 10.2. The zero-order valence-electron chi connectivity index (χ0n) is 6.69. The van der Waals surface area contributed by atoms with Crippen LogP contribution in [0.4, 0.5) is 13.2 Å². The van der Waals surface area contributed by atoms with Crippen molar-refractivity contribution in [3.63, 3.8) is 0 Å². The minimum atomic E-state index is -4.77. The zero-order valence-corrected chi connectivity index (χ0v) is 6.69. The van der Waals surface area contributed by atoms with E-state index in [0.717, 1.165) is 0 Å². The number of halogens is 3. The number of benzene rings is 1. The highest BCUT2D eigenvalue weighted by Gasteiger charge is 2.33. The highest BCUT2D eigenvalue weighted by Crippen LogP contribution is 2.15. The van der Waals surface area contributed by atoms with Crippen LogP contribution in [0.1, 0.15) is 0 Å². The molecule has 0 saturated carbocycles. The molecule has 0 bridgehead atoms. The molecule has 0 fully saturated rings. The van der Waals surface area contributed by atoms with Crippen LogP contribution >= 0.6 is 0 Å². The van der Waals surface area contributed by atoms with Crippen LogP contribution in [-0.2, 0) is 0 Å². The van der Waals surface area contributed by atoms with E-state index in [0.29, 0.717) is 10.4 Å². The predicted molar refractivity (Wildman–Crippen MR) is 40.2 cm³/mol. The first-order valence-electron chi connectivity index (χ1n) is 3.63. The Kier molecular flexibility index (Phi) is 1.80. The minimum Gasteiger partial charge on any atom is -0.293 e. The molecule has 4 nitrogen and oxygen atoms in total. The lowest BCUT2D eigenvalue weighted by Gasteiger charge is -2.06. The van der Waals surface area contributed by atoms with E-state index >= 15 is 0 Å². The van der Waals surface area contributed by atoms with E-state index in [4.69, 9.17) is 0 Å². The number of para-hydroxylation sites is 1. The van der Waals surface area contributed by atoms with Crippen LogP contribution in [0.5, 0.6) is 0 Å². The lowest BCUT2D eigenvalue weighted by Crippen LogP contribution is -2.27. The number of aromatic nitrogens is 3. The minimum absolute atomic E-state index is 0.171. The standard InChI is InChI=1S/C7H4F3N3O/c8-7(9,10)14-13-6-4-2-1-3-5(6)11-12-13/h1-4H. The van der Waals surface area contributed by atoms with E-state index in [2.05, 4.69) is 15.1 Å². The summed E-state index contributed by atoms with van der Waals surface area (Å²) in [5.74, 6) is 0. The largest absolute Gasteiger partial charge is 0.593 e. The fraction of sp³-hybridized carbons (Fsp3) is 0.143. The van der Waals surface area contributed by atoms with Gasteiger partial charge >= 0.3 is 6.36 Å².